The SMILES string of the molecule is CC[C@H](C(=O)NC(C)C)N(CCc1ccccc1)C(=O)CSCc1ccccc1C. The van der Waals surface area contributed by atoms with Crippen LogP contribution in [0.1, 0.15) is 43.9 Å². The smallest absolute Gasteiger partial charge is 0.242 e. The molecule has 1 atom stereocenters. The van der Waals surface area contributed by atoms with Crippen LogP contribution in [0.4, 0.5) is 0 Å². The van der Waals surface area contributed by atoms with Gasteiger partial charge in [-0.05, 0) is 50.3 Å². The van der Waals surface area contributed by atoms with Crippen molar-refractivity contribution in [1.29, 1.82) is 0 Å². The normalized spacial score (nSPS) is 11.9. The van der Waals surface area contributed by atoms with Crippen LogP contribution in [-0.4, -0.2) is 41.1 Å². The molecule has 0 fully saturated rings. The van der Waals surface area contributed by atoms with Crippen LogP contribution in [0.15, 0.2) is 54.6 Å². The summed E-state index contributed by atoms with van der Waals surface area (Å²) in [6.07, 6.45) is 1.34. The van der Waals surface area contributed by atoms with Crippen LogP contribution >= 0.6 is 11.8 Å². The zero-order valence-corrected chi connectivity index (χ0v) is 19.4. The molecule has 1 N–H and O–H groups in total. The highest BCUT2D eigenvalue weighted by molar-refractivity contribution is 7.99. The molecule has 0 aliphatic carbocycles. The van der Waals surface area contributed by atoms with Crippen LogP contribution in [-0.2, 0) is 21.8 Å². The average Bonchev–Trinajstić information content (AvgIpc) is 2.72. The van der Waals surface area contributed by atoms with Crippen molar-refractivity contribution in [3.8, 4) is 0 Å². The molecule has 2 aromatic carbocycles. The van der Waals surface area contributed by atoms with Crippen molar-refractivity contribution in [2.45, 2.75) is 58.4 Å². The van der Waals surface area contributed by atoms with E-state index in [9.17, 15) is 9.59 Å². The molecular formula is C25H34N2O2S. The summed E-state index contributed by atoms with van der Waals surface area (Å²) in [6, 6.07) is 18.0. The molecule has 0 aliphatic rings. The summed E-state index contributed by atoms with van der Waals surface area (Å²) in [7, 11) is 0. The highest BCUT2D eigenvalue weighted by Gasteiger charge is 2.28. The Morgan fingerprint density at radius 2 is 1.70 bits per heavy atom. The fourth-order valence-electron chi connectivity index (χ4n) is 3.38. The number of rotatable bonds is 11. The molecule has 2 rings (SSSR count). The molecule has 0 unspecified atom stereocenters. The number of carbonyl (C=O) groups excluding carboxylic acids is 2. The summed E-state index contributed by atoms with van der Waals surface area (Å²) in [5, 5.41) is 2.98. The molecule has 2 amide bonds. The van der Waals surface area contributed by atoms with E-state index in [0.717, 1.165) is 12.2 Å². The lowest BCUT2D eigenvalue weighted by Gasteiger charge is -2.31. The third kappa shape index (κ3) is 7.52. The Kier molecular flexibility index (Phi) is 9.95. The highest BCUT2D eigenvalue weighted by atomic mass is 32.2. The maximum Gasteiger partial charge on any atom is 0.242 e. The van der Waals surface area contributed by atoms with E-state index in [-0.39, 0.29) is 17.9 Å². The molecule has 0 spiro atoms. The van der Waals surface area contributed by atoms with Crippen LogP contribution in [0.2, 0.25) is 0 Å². The maximum atomic E-state index is 13.2. The van der Waals surface area contributed by atoms with Crippen LogP contribution in [0.25, 0.3) is 0 Å². The third-order valence-corrected chi connectivity index (χ3v) is 6.01. The zero-order valence-electron chi connectivity index (χ0n) is 18.6. The fraction of sp³-hybridized carbons (Fsp3) is 0.440. The van der Waals surface area contributed by atoms with E-state index in [1.165, 1.54) is 16.7 Å². The molecule has 0 radical (unpaired) electrons. The molecule has 0 heterocycles. The van der Waals surface area contributed by atoms with Gasteiger partial charge in [-0.25, -0.2) is 0 Å². The molecule has 30 heavy (non-hydrogen) atoms. The molecule has 0 saturated carbocycles. The van der Waals surface area contributed by atoms with Gasteiger partial charge in [-0.15, -0.1) is 11.8 Å². The Morgan fingerprint density at radius 3 is 2.33 bits per heavy atom. The third-order valence-electron chi connectivity index (χ3n) is 5.05. The second kappa shape index (κ2) is 12.4. The Hall–Kier alpha value is -2.27. The molecule has 5 heteroatoms. The standard InChI is InChI=1S/C25H34N2O2S/c1-5-23(25(29)26-19(2)3)27(16-15-21-12-7-6-8-13-21)24(28)18-30-17-22-14-10-9-11-20(22)4/h6-14,19,23H,5,15-18H2,1-4H3,(H,26,29)/t23-/m1/s1. The summed E-state index contributed by atoms with van der Waals surface area (Å²) in [4.78, 5) is 27.7. The van der Waals surface area contributed by atoms with E-state index in [0.29, 0.717) is 18.7 Å². The van der Waals surface area contributed by atoms with Gasteiger partial charge in [0.05, 0.1) is 5.75 Å². The van der Waals surface area contributed by atoms with Gasteiger partial charge in [0.15, 0.2) is 0 Å². The predicted octanol–water partition coefficient (Wildman–Crippen LogP) is 4.60. The van der Waals surface area contributed by atoms with Gasteiger partial charge in [0, 0.05) is 18.3 Å². The quantitative estimate of drug-likeness (QED) is 0.571. The number of amides is 2. The van der Waals surface area contributed by atoms with Crippen LogP contribution in [0, 0.1) is 6.92 Å². The molecule has 2 aromatic rings. The average molecular weight is 427 g/mol. The largest absolute Gasteiger partial charge is 0.352 e. The Bertz CT molecular complexity index is 808. The monoisotopic (exact) mass is 426 g/mol. The van der Waals surface area contributed by atoms with Crippen molar-refractivity contribution in [2.24, 2.45) is 0 Å². The van der Waals surface area contributed by atoms with E-state index in [1.807, 2.05) is 51.1 Å². The molecule has 0 saturated heterocycles. The number of nitrogens with zero attached hydrogens (tertiary/aromatic N) is 1. The minimum absolute atomic E-state index is 0.0234. The first kappa shape index (κ1) is 24.0. The molecule has 0 bridgehead atoms. The Labute approximate surface area is 185 Å². The first-order valence-corrected chi connectivity index (χ1v) is 11.8. The summed E-state index contributed by atoms with van der Waals surface area (Å²) in [6.45, 7) is 8.48. The number of nitrogens with one attached hydrogen (secondary N) is 1. The van der Waals surface area contributed by atoms with Crippen molar-refractivity contribution in [3.63, 3.8) is 0 Å². The van der Waals surface area contributed by atoms with Gasteiger partial charge in [-0.3, -0.25) is 9.59 Å². The van der Waals surface area contributed by atoms with Gasteiger partial charge in [-0.2, -0.15) is 0 Å². The van der Waals surface area contributed by atoms with E-state index < -0.39 is 6.04 Å². The van der Waals surface area contributed by atoms with Crippen LogP contribution in [0.5, 0.6) is 0 Å². The fourth-order valence-corrected chi connectivity index (χ4v) is 4.37. The first-order valence-electron chi connectivity index (χ1n) is 10.7. The lowest BCUT2D eigenvalue weighted by atomic mass is 10.1. The van der Waals surface area contributed by atoms with Gasteiger partial charge < -0.3 is 10.2 Å². The van der Waals surface area contributed by atoms with Gasteiger partial charge in [0.2, 0.25) is 11.8 Å². The zero-order chi connectivity index (χ0) is 21.9. The second-order valence-electron chi connectivity index (χ2n) is 7.83. The number of hydrogen-bond acceptors (Lipinski definition) is 3. The lowest BCUT2D eigenvalue weighted by molar-refractivity contribution is -0.139. The number of carbonyl (C=O) groups is 2. The van der Waals surface area contributed by atoms with Gasteiger partial charge in [0.1, 0.15) is 6.04 Å². The topological polar surface area (TPSA) is 49.4 Å². The van der Waals surface area contributed by atoms with E-state index >= 15 is 0 Å². The predicted molar refractivity (Wildman–Crippen MR) is 127 cm³/mol. The van der Waals surface area contributed by atoms with Gasteiger partial charge in [-0.1, -0.05) is 61.5 Å². The molecular weight excluding hydrogens is 392 g/mol. The van der Waals surface area contributed by atoms with E-state index in [1.54, 1.807) is 16.7 Å². The molecule has 4 nitrogen and oxygen atoms in total. The molecule has 162 valence electrons. The molecule has 0 aromatic heterocycles. The number of hydrogen-bond donors (Lipinski definition) is 1. The van der Waals surface area contributed by atoms with Crippen LogP contribution < -0.4 is 5.32 Å². The van der Waals surface area contributed by atoms with E-state index in [4.69, 9.17) is 0 Å². The van der Waals surface area contributed by atoms with Crippen molar-refractivity contribution in [3.05, 3.63) is 71.3 Å². The van der Waals surface area contributed by atoms with E-state index in [2.05, 4.69) is 36.5 Å². The summed E-state index contributed by atoms with van der Waals surface area (Å²) >= 11 is 1.61. The Morgan fingerprint density at radius 1 is 1.03 bits per heavy atom. The van der Waals surface area contributed by atoms with Crippen molar-refractivity contribution < 1.29 is 9.59 Å². The number of aryl methyl sites for hydroxylation is 1. The number of benzene rings is 2. The van der Waals surface area contributed by atoms with Crippen LogP contribution in [0.3, 0.4) is 0 Å². The summed E-state index contributed by atoms with van der Waals surface area (Å²) in [5.74, 6) is 1.11. The second-order valence-corrected chi connectivity index (χ2v) is 8.81. The Balaban J connectivity index is 2.06. The maximum absolute atomic E-state index is 13.2. The minimum Gasteiger partial charge on any atom is -0.352 e. The van der Waals surface area contributed by atoms with Crippen molar-refractivity contribution in [1.82, 2.24) is 10.2 Å². The first-order chi connectivity index (χ1) is 14.4. The van der Waals surface area contributed by atoms with Crippen molar-refractivity contribution in [2.75, 3.05) is 12.3 Å². The lowest BCUT2D eigenvalue weighted by Crippen LogP contribution is -2.52. The van der Waals surface area contributed by atoms with Crippen molar-refractivity contribution >= 4 is 23.6 Å². The summed E-state index contributed by atoms with van der Waals surface area (Å²) < 4.78 is 0. The van der Waals surface area contributed by atoms with Gasteiger partial charge in [0.25, 0.3) is 0 Å². The number of thioether (sulfide) groups is 1. The highest BCUT2D eigenvalue weighted by Crippen LogP contribution is 2.18. The minimum atomic E-state index is -0.442. The summed E-state index contributed by atoms with van der Waals surface area (Å²) in [5.41, 5.74) is 3.65. The van der Waals surface area contributed by atoms with Gasteiger partial charge >= 0.3 is 0 Å². The molecule has 0 aliphatic heterocycles.